The second-order valence-electron chi connectivity index (χ2n) is 2.96. The first-order valence-electron chi connectivity index (χ1n) is 4.10. The highest BCUT2D eigenvalue weighted by atomic mass is 16.2. The molecule has 0 fully saturated rings. The van der Waals surface area contributed by atoms with E-state index in [4.69, 9.17) is 5.73 Å². The van der Waals surface area contributed by atoms with Crippen LogP contribution in [0.3, 0.4) is 0 Å². The van der Waals surface area contributed by atoms with Gasteiger partial charge >= 0.3 is 0 Å². The number of carbonyl (C=O) groups is 2. The maximum Gasteiger partial charge on any atom is 0.287 e. The Labute approximate surface area is 81.1 Å². The molecule has 76 valence electrons. The summed E-state index contributed by atoms with van der Waals surface area (Å²) in [6, 6.07) is -0.695. The molecule has 1 atom stereocenters. The zero-order chi connectivity index (χ0) is 10.7. The molecule has 3 N–H and O–H groups in total. The van der Waals surface area contributed by atoms with Gasteiger partial charge in [0.25, 0.3) is 5.91 Å². The fourth-order valence-corrected chi connectivity index (χ4v) is 0.917. The van der Waals surface area contributed by atoms with Gasteiger partial charge in [-0.3, -0.25) is 9.59 Å². The van der Waals surface area contributed by atoms with Crippen molar-refractivity contribution >= 4 is 11.8 Å². The number of hydrogen-bond acceptors (Lipinski definition) is 3. The van der Waals surface area contributed by atoms with E-state index in [0.29, 0.717) is 0 Å². The molecular weight excluding hydrogens is 184 g/mol. The molecular formula is C8H12N4O2. The van der Waals surface area contributed by atoms with E-state index in [1.54, 1.807) is 17.8 Å². The molecule has 1 aromatic heterocycles. The zero-order valence-corrected chi connectivity index (χ0v) is 8.02. The van der Waals surface area contributed by atoms with Gasteiger partial charge in [-0.2, -0.15) is 0 Å². The van der Waals surface area contributed by atoms with Crippen LogP contribution in [0.1, 0.15) is 17.5 Å². The molecule has 1 heterocycles. The lowest BCUT2D eigenvalue weighted by Gasteiger charge is -2.09. The number of nitrogens with two attached hydrogens (primary N) is 1. The first-order chi connectivity index (χ1) is 6.52. The third-order valence-electron chi connectivity index (χ3n) is 1.80. The summed E-state index contributed by atoms with van der Waals surface area (Å²) in [6.07, 6.45) is 3.15. The molecule has 0 spiro atoms. The number of nitrogens with one attached hydrogen (secondary N) is 1. The topological polar surface area (TPSA) is 90.0 Å². The van der Waals surface area contributed by atoms with Crippen LogP contribution in [0, 0.1) is 0 Å². The summed E-state index contributed by atoms with van der Waals surface area (Å²) in [7, 11) is 1.69. The number of imidazole rings is 1. The van der Waals surface area contributed by atoms with E-state index >= 15 is 0 Å². The number of hydrogen-bond donors (Lipinski definition) is 2. The van der Waals surface area contributed by atoms with Crippen LogP contribution in [0.25, 0.3) is 0 Å². The van der Waals surface area contributed by atoms with Crippen LogP contribution in [0.15, 0.2) is 12.4 Å². The van der Waals surface area contributed by atoms with Crippen LogP contribution in [0.2, 0.25) is 0 Å². The van der Waals surface area contributed by atoms with Gasteiger partial charge in [-0.25, -0.2) is 4.98 Å². The SMILES string of the molecule is C[C@H](NC(=O)c1nccn1C)C(N)=O. The lowest BCUT2D eigenvalue weighted by molar-refractivity contribution is -0.119. The second kappa shape index (κ2) is 3.91. The maximum absolute atomic E-state index is 11.4. The number of nitrogens with zero attached hydrogens (tertiary/aromatic N) is 2. The van der Waals surface area contributed by atoms with Crippen LogP contribution in [-0.4, -0.2) is 27.4 Å². The zero-order valence-electron chi connectivity index (χ0n) is 8.02. The minimum atomic E-state index is -0.695. The summed E-state index contributed by atoms with van der Waals surface area (Å²) < 4.78 is 1.56. The van der Waals surface area contributed by atoms with E-state index in [9.17, 15) is 9.59 Å². The highest BCUT2D eigenvalue weighted by Gasteiger charge is 2.16. The predicted molar refractivity (Wildman–Crippen MR) is 49.3 cm³/mol. The van der Waals surface area contributed by atoms with Crippen molar-refractivity contribution < 1.29 is 9.59 Å². The number of carbonyl (C=O) groups excluding carboxylic acids is 2. The smallest absolute Gasteiger partial charge is 0.287 e. The highest BCUT2D eigenvalue weighted by molar-refractivity contribution is 5.94. The molecule has 6 heteroatoms. The van der Waals surface area contributed by atoms with Gasteiger partial charge in [0.15, 0.2) is 5.82 Å². The largest absolute Gasteiger partial charge is 0.368 e. The van der Waals surface area contributed by atoms with Gasteiger partial charge in [0.05, 0.1) is 0 Å². The number of primary amides is 1. The molecule has 0 saturated carbocycles. The molecule has 0 saturated heterocycles. The number of aryl methyl sites for hydroxylation is 1. The molecule has 0 aliphatic heterocycles. The Bertz CT molecular complexity index is 358. The molecule has 1 aromatic rings. The standard InChI is InChI=1S/C8H12N4O2/c1-5(6(9)13)11-8(14)7-10-3-4-12(7)2/h3-5H,1-2H3,(H2,9,13)(H,11,14)/t5-/m0/s1. The van der Waals surface area contributed by atoms with E-state index in [2.05, 4.69) is 10.3 Å². The minimum Gasteiger partial charge on any atom is -0.368 e. The Hall–Kier alpha value is -1.85. The Morgan fingerprint density at radius 3 is 2.71 bits per heavy atom. The van der Waals surface area contributed by atoms with Crippen molar-refractivity contribution in [2.24, 2.45) is 12.8 Å². The molecule has 6 nitrogen and oxygen atoms in total. The van der Waals surface area contributed by atoms with Crippen molar-refractivity contribution in [2.75, 3.05) is 0 Å². The molecule has 14 heavy (non-hydrogen) atoms. The summed E-state index contributed by atoms with van der Waals surface area (Å²) >= 11 is 0. The van der Waals surface area contributed by atoms with Crippen LogP contribution >= 0.6 is 0 Å². The van der Waals surface area contributed by atoms with Crippen molar-refractivity contribution in [1.29, 1.82) is 0 Å². The van der Waals surface area contributed by atoms with Gasteiger partial charge in [-0.15, -0.1) is 0 Å². The van der Waals surface area contributed by atoms with Crippen molar-refractivity contribution in [3.8, 4) is 0 Å². The van der Waals surface area contributed by atoms with E-state index in [1.807, 2.05) is 0 Å². The molecule has 1 rings (SSSR count). The van der Waals surface area contributed by atoms with E-state index < -0.39 is 17.9 Å². The lowest BCUT2D eigenvalue weighted by atomic mass is 10.3. The highest BCUT2D eigenvalue weighted by Crippen LogP contribution is 1.94. The summed E-state index contributed by atoms with van der Waals surface area (Å²) in [4.78, 5) is 25.9. The van der Waals surface area contributed by atoms with Gasteiger partial charge in [-0.1, -0.05) is 0 Å². The van der Waals surface area contributed by atoms with Crippen molar-refractivity contribution in [1.82, 2.24) is 14.9 Å². The van der Waals surface area contributed by atoms with Gasteiger partial charge in [0, 0.05) is 19.4 Å². The molecule has 0 aliphatic rings. The second-order valence-corrected chi connectivity index (χ2v) is 2.96. The van der Waals surface area contributed by atoms with E-state index in [0.717, 1.165) is 0 Å². The third kappa shape index (κ3) is 2.09. The van der Waals surface area contributed by atoms with Gasteiger partial charge in [0.1, 0.15) is 6.04 Å². The van der Waals surface area contributed by atoms with Crippen molar-refractivity contribution in [2.45, 2.75) is 13.0 Å². The molecule has 0 bridgehead atoms. The maximum atomic E-state index is 11.4. The number of aromatic nitrogens is 2. The Morgan fingerprint density at radius 1 is 1.64 bits per heavy atom. The third-order valence-corrected chi connectivity index (χ3v) is 1.80. The van der Waals surface area contributed by atoms with Gasteiger partial charge in [0.2, 0.25) is 5.91 Å². The first-order valence-corrected chi connectivity index (χ1v) is 4.10. The van der Waals surface area contributed by atoms with Crippen molar-refractivity contribution in [3.63, 3.8) is 0 Å². The quantitative estimate of drug-likeness (QED) is 0.651. The molecule has 0 unspecified atom stereocenters. The summed E-state index contributed by atoms with van der Waals surface area (Å²) in [5.41, 5.74) is 4.99. The normalized spacial score (nSPS) is 12.1. The number of amides is 2. The Balaban J connectivity index is 2.69. The van der Waals surface area contributed by atoms with Crippen LogP contribution in [-0.2, 0) is 11.8 Å². The summed E-state index contributed by atoms with van der Waals surface area (Å²) in [5, 5.41) is 2.43. The van der Waals surface area contributed by atoms with Crippen LogP contribution in [0.5, 0.6) is 0 Å². The predicted octanol–water partition coefficient (Wildman–Crippen LogP) is -0.976. The fourth-order valence-electron chi connectivity index (χ4n) is 0.917. The number of rotatable bonds is 3. The fraction of sp³-hybridized carbons (Fsp3) is 0.375. The lowest BCUT2D eigenvalue weighted by Crippen LogP contribution is -2.42. The van der Waals surface area contributed by atoms with Crippen LogP contribution < -0.4 is 11.1 Å². The van der Waals surface area contributed by atoms with Gasteiger partial charge < -0.3 is 15.6 Å². The molecule has 2 amide bonds. The van der Waals surface area contributed by atoms with E-state index in [1.165, 1.54) is 13.1 Å². The molecule has 0 radical (unpaired) electrons. The molecule has 0 aromatic carbocycles. The Kier molecular flexibility index (Phi) is 2.85. The minimum absolute atomic E-state index is 0.248. The average Bonchev–Trinajstić information content (AvgIpc) is 2.51. The van der Waals surface area contributed by atoms with Crippen molar-refractivity contribution in [3.05, 3.63) is 18.2 Å². The Morgan fingerprint density at radius 2 is 2.29 bits per heavy atom. The summed E-state index contributed by atoms with van der Waals surface area (Å²) in [5.74, 6) is -0.741. The average molecular weight is 196 g/mol. The first kappa shape index (κ1) is 10.2. The van der Waals surface area contributed by atoms with Crippen LogP contribution in [0.4, 0.5) is 0 Å². The van der Waals surface area contributed by atoms with E-state index in [-0.39, 0.29) is 5.82 Å². The summed E-state index contributed by atoms with van der Waals surface area (Å²) in [6.45, 7) is 1.52. The monoisotopic (exact) mass is 196 g/mol. The van der Waals surface area contributed by atoms with Gasteiger partial charge in [-0.05, 0) is 6.92 Å². The molecule has 0 aliphatic carbocycles.